The van der Waals surface area contributed by atoms with Gasteiger partial charge in [-0.2, -0.15) is 0 Å². The molecule has 0 saturated carbocycles. The van der Waals surface area contributed by atoms with Crippen LogP contribution in [0.15, 0.2) is 24.4 Å². The standard InChI is InChI=1S/C16H22N4/c1-5-7-18-15-10-14(19-16(20-15)11(2)3)13-6-8-17-12(4)9-13/h6,8-11H,5,7H2,1-4H3,(H,18,19,20). The Balaban J connectivity index is 2.43. The molecule has 0 radical (unpaired) electrons. The van der Waals surface area contributed by atoms with Crippen molar-refractivity contribution in [1.29, 1.82) is 0 Å². The molecule has 4 heteroatoms. The fourth-order valence-corrected chi connectivity index (χ4v) is 1.92. The van der Waals surface area contributed by atoms with E-state index in [9.17, 15) is 0 Å². The van der Waals surface area contributed by atoms with Gasteiger partial charge in [0.15, 0.2) is 0 Å². The van der Waals surface area contributed by atoms with Crippen molar-refractivity contribution in [1.82, 2.24) is 15.0 Å². The summed E-state index contributed by atoms with van der Waals surface area (Å²) in [5.41, 5.74) is 3.03. The number of anilines is 1. The molecule has 0 aliphatic heterocycles. The lowest BCUT2D eigenvalue weighted by Crippen LogP contribution is -2.07. The Morgan fingerprint density at radius 2 is 2.00 bits per heavy atom. The fourth-order valence-electron chi connectivity index (χ4n) is 1.92. The van der Waals surface area contributed by atoms with E-state index in [0.717, 1.165) is 41.6 Å². The van der Waals surface area contributed by atoms with E-state index >= 15 is 0 Å². The van der Waals surface area contributed by atoms with Crippen molar-refractivity contribution in [3.63, 3.8) is 0 Å². The van der Waals surface area contributed by atoms with Gasteiger partial charge in [0.25, 0.3) is 0 Å². The second-order valence-corrected chi connectivity index (χ2v) is 5.26. The van der Waals surface area contributed by atoms with Crippen molar-refractivity contribution >= 4 is 5.82 Å². The highest BCUT2D eigenvalue weighted by molar-refractivity contribution is 5.62. The predicted octanol–water partition coefficient (Wildman–Crippen LogP) is 3.79. The van der Waals surface area contributed by atoms with Crippen LogP contribution in [0.5, 0.6) is 0 Å². The highest BCUT2D eigenvalue weighted by Crippen LogP contribution is 2.22. The van der Waals surface area contributed by atoms with Crippen molar-refractivity contribution in [2.45, 2.75) is 40.0 Å². The molecule has 0 atom stereocenters. The highest BCUT2D eigenvalue weighted by atomic mass is 15.0. The Morgan fingerprint density at radius 3 is 2.65 bits per heavy atom. The normalized spacial score (nSPS) is 10.8. The molecular formula is C16H22N4. The van der Waals surface area contributed by atoms with E-state index in [4.69, 9.17) is 0 Å². The maximum Gasteiger partial charge on any atom is 0.133 e. The lowest BCUT2D eigenvalue weighted by Gasteiger charge is -2.11. The Labute approximate surface area is 120 Å². The number of hydrogen-bond acceptors (Lipinski definition) is 4. The number of aryl methyl sites for hydroxylation is 1. The maximum atomic E-state index is 4.67. The molecule has 0 fully saturated rings. The van der Waals surface area contributed by atoms with Gasteiger partial charge in [-0.1, -0.05) is 20.8 Å². The molecule has 0 bridgehead atoms. The number of rotatable bonds is 5. The van der Waals surface area contributed by atoms with Crippen molar-refractivity contribution < 1.29 is 0 Å². The molecule has 2 aromatic rings. The van der Waals surface area contributed by atoms with E-state index in [0.29, 0.717) is 5.92 Å². The smallest absolute Gasteiger partial charge is 0.133 e. The van der Waals surface area contributed by atoms with Crippen molar-refractivity contribution in [2.24, 2.45) is 0 Å². The summed E-state index contributed by atoms with van der Waals surface area (Å²) in [5, 5.41) is 3.35. The Bertz CT molecular complexity index is 578. The van der Waals surface area contributed by atoms with Gasteiger partial charge in [0.05, 0.1) is 5.69 Å². The molecule has 0 unspecified atom stereocenters. The summed E-state index contributed by atoms with van der Waals surface area (Å²) in [5.74, 6) is 2.07. The molecule has 4 nitrogen and oxygen atoms in total. The van der Waals surface area contributed by atoms with Gasteiger partial charge in [0.1, 0.15) is 11.6 Å². The summed E-state index contributed by atoms with van der Waals surface area (Å²) in [6, 6.07) is 6.05. The summed E-state index contributed by atoms with van der Waals surface area (Å²) in [6.45, 7) is 9.28. The second-order valence-electron chi connectivity index (χ2n) is 5.26. The van der Waals surface area contributed by atoms with Gasteiger partial charge in [-0.3, -0.25) is 4.98 Å². The van der Waals surface area contributed by atoms with Gasteiger partial charge in [0, 0.05) is 36.0 Å². The van der Waals surface area contributed by atoms with Crippen LogP contribution in [-0.2, 0) is 0 Å². The van der Waals surface area contributed by atoms with E-state index in [1.54, 1.807) is 0 Å². The van der Waals surface area contributed by atoms with Crippen LogP contribution in [-0.4, -0.2) is 21.5 Å². The lowest BCUT2D eigenvalue weighted by molar-refractivity contribution is 0.775. The SMILES string of the molecule is CCCNc1cc(-c2ccnc(C)c2)nc(C(C)C)n1. The zero-order valence-electron chi connectivity index (χ0n) is 12.6. The molecular weight excluding hydrogens is 248 g/mol. The molecule has 1 N–H and O–H groups in total. The minimum atomic E-state index is 0.306. The van der Waals surface area contributed by atoms with Crippen LogP contribution in [0.4, 0.5) is 5.82 Å². The van der Waals surface area contributed by atoms with Gasteiger partial charge in [-0.05, 0) is 25.5 Å². The molecule has 0 aliphatic rings. The van der Waals surface area contributed by atoms with Gasteiger partial charge in [-0.25, -0.2) is 9.97 Å². The molecule has 106 valence electrons. The average Bonchev–Trinajstić information content (AvgIpc) is 2.44. The summed E-state index contributed by atoms with van der Waals surface area (Å²) in [7, 11) is 0. The van der Waals surface area contributed by atoms with Crippen molar-refractivity contribution in [2.75, 3.05) is 11.9 Å². The van der Waals surface area contributed by atoms with Gasteiger partial charge < -0.3 is 5.32 Å². The Hall–Kier alpha value is -1.97. The molecule has 2 rings (SSSR count). The lowest BCUT2D eigenvalue weighted by atomic mass is 10.1. The summed E-state index contributed by atoms with van der Waals surface area (Å²) >= 11 is 0. The number of nitrogens with zero attached hydrogens (tertiary/aromatic N) is 3. The quantitative estimate of drug-likeness (QED) is 0.898. The minimum absolute atomic E-state index is 0.306. The Kier molecular flexibility index (Phi) is 4.66. The third-order valence-electron chi connectivity index (χ3n) is 3.01. The molecule has 2 aromatic heterocycles. The third-order valence-corrected chi connectivity index (χ3v) is 3.01. The first-order valence-corrected chi connectivity index (χ1v) is 7.16. The highest BCUT2D eigenvalue weighted by Gasteiger charge is 2.09. The maximum absolute atomic E-state index is 4.67. The molecule has 0 amide bonds. The summed E-state index contributed by atoms with van der Waals surface area (Å²) in [6.07, 6.45) is 2.89. The van der Waals surface area contributed by atoms with Crippen LogP contribution in [0.1, 0.15) is 44.6 Å². The van der Waals surface area contributed by atoms with Gasteiger partial charge in [0.2, 0.25) is 0 Å². The molecule has 0 saturated heterocycles. The first kappa shape index (κ1) is 14.4. The number of nitrogens with one attached hydrogen (secondary N) is 1. The van der Waals surface area contributed by atoms with E-state index in [1.165, 1.54) is 0 Å². The summed E-state index contributed by atoms with van der Waals surface area (Å²) in [4.78, 5) is 13.5. The van der Waals surface area contributed by atoms with Gasteiger partial charge in [-0.15, -0.1) is 0 Å². The average molecular weight is 270 g/mol. The monoisotopic (exact) mass is 270 g/mol. The zero-order valence-corrected chi connectivity index (χ0v) is 12.6. The van der Waals surface area contributed by atoms with E-state index < -0.39 is 0 Å². The van der Waals surface area contributed by atoms with E-state index in [1.807, 2.05) is 25.3 Å². The Morgan fingerprint density at radius 1 is 1.20 bits per heavy atom. The number of pyridine rings is 1. The number of aromatic nitrogens is 3. The third kappa shape index (κ3) is 3.53. The van der Waals surface area contributed by atoms with Crippen molar-refractivity contribution in [3.8, 4) is 11.3 Å². The minimum Gasteiger partial charge on any atom is -0.370 e. The largest absolute Gasteiger partial charge is 0.370 e. The number of hydrogen-bond donors (Lipinski definition) is 1. The van der Waals surface area contributed by atoms with Crippen LogP contribution < -0.4 is 5.32 Å². The van der Waals surface area contributed by atoms with Gasteiger partial charge >= 0.3 is 0 Å². The predicted molar refractivity (Wildman–Crippen MR) is 82.9 cm³/mol. The first-order chi connectivity index (χ1) is 9.60. The summed E-state index contributed by atoms with van der Waals surface area (Å²) < 4.78 is 0. The van der Waals surface area contributed by atoms with Crippen LogP contribution in [0.2, 0.25) is 0 Å². The molecule has 0 spiro atoms. The zero-order chi connectivity index (χ0) is 14.5. The molecule has 0 aliphatic carbocycles. The van der Waals surface area contributed by atoms with Crippen LogP contribution in [0.3, 0.4) is 0 Å². The fraction of sp³-hybridized carbons (Fsp3) is 0.438. The van der Waals surface area contributed by atoms with E-state index in [2.05, 4.69) is 47.1 Å². The van der Waals surface area contributed by atoms with Crippen LogP contribution in [0, 0.1) is 6.92 Å². The molecule has 0 aromatic carbocycles. The molecule has 2 heterocycles. The second kappa shape index (κ2) is 6.46. The van der Waals surface area contributed by atoms with E-state index in [-0.39, 0.29) is 0 Å². The topological polar surface area (TPSA) is 50.7 Å². The van der Waals surface area contributed by atoms with Crippen LogP contribution >= 0.6 is 0 Å². The van der Waals surface area contributed by atoms with Crippen molar-refractivity contribution in [3.05, 3.63) is 35.9 Å². The first-order valence-electron chi connectivity index (χ1n) is 7.16. The molecule has 20 heavy (non-hydrogen) atoms. The van der Waals surface area contributed by atoms with Crippen LogP contribution in [0.25, 0.3) is 11.3 Å².